The van der Waals surface area contributed by atoms with Crippen molar-refractivity contribution in [2.75, 3.05) is 0 Å². The summed E-state index contributed by atoms with van der Waals surface area (Å²) in [6.45, 7) is -0.0613. The van der Waals surface area contributed by atoms with Crippen LogP contribution in [0.5, 0.6) is 5.75 Å². The van der Waals surface area contributed by atoms with Gasteiger partial charge in [0.05, 0.1) is 16.4 Å². The van der Waals surface area contributed by atoms with Crippen LogP contribution in [0.3, 0.4) is 0 Å². The molecule has 0 saturated carbocycles. The number of hydrogen-bond donors (Lipinski definition) is 0. The SMILES string of the molecule is Fc1c(F)c(F)c([B-](c2c(F)c(F)c(F)c(F)c2F)(c2c(F)c(F)c(F)c(F)c2F)c2c(F)c(F)c(F)c(F)c2F)c(F)c1F.O=C(C[n+]1ccc2ccccc2c1C(=O)Oc1cccc([N+](=O)[O-])c1)c1ccccc1. The van der Waals surface area contributed by atoms with E-state index in [2.05, 4.69) is 0 Å². The Labute approximate surface area is 408 Å². The number of rotatable bonds is 10. The number of hydrogen-bond acceptors (Lipinski definition) is 5. The van der Waals surface area contributed by atoms with Crippen molar-refractivity contribution in [2.24, 2.45) is 0 Å². The molecule has 28 heteroatoms. The van der Waals surface area contributed by atoms with Gasteiger partial charge in [0.1, 0.15) is 58.4 Å². The van der Waals surface area contributed by atoms with Gasteiger partial charge in [-0.1, -0.05) is 54.6 Å². The number of esters is 1. The fraction of sp³-hybridized carbons (Fsp3) is 0.0208. The minimum Gasteiger partial charge on any atom is -0.418 e. The lowest BCUT2D eigenvalue weighted by Crippen LogP contribution is -2.81. The van der Waals surface area contributed by atoms with Gasteiger partial charge in [-0.3, -0.25) is 14.9 Å². The Morgan fingerprint density at radius 2 is 0.803 bits per heavy atom. The van der Waals surface area contributed by atoms with Crippen molar-refractivity contribution in [1.29, 1.82) is 0 Å². The fourth-order valence-corrected chi connectivity index (χ4v) is 8.18. The number of benzene rings is 7. The number of nitrogens with zero attached hydrogens (tertiary/aromatic N) is 2. The molecule has 0 unspecified atom stereocenters. The predicted octanol–water partition coefficient (Wildman–Crippen LogP) is 9.98. The fourth-order valence-electron chi connectivity index (χ4n) is 8.18. The van der Waals surface area contributed by atoms with Crippen molar-refractivity contribution in [3.05, 3.63) is 229 Å². The number of carbonyl (C=O) groups excluding carboxylic acids is 2. The first-order chi connectivity index (χ1) is 35.7. The standard InChI is InChI=1S/C24BF20.C24H17N2O5/c26-5-1(6(27)14(35)21(42)13(5)34)25(2-7(28)15(36)22(43)16(37)8(2)29,3-9(30)17(38)23(44)18(39)10(3)31)4-11(32)19(40)24(45)20(41)12(4)33;27-22(18-8-2-1-3-9-18)16-25-14-13-17-7-4-5-12-21(17)23(25)24(28)31-20-11-6-10-19(15-20)26(29)30/h;1-15H,16H2/q-1;+1. The number of non-ortho nitro benzene ring substituents is 1. The van der Waals surface area contributed by atoms with Crippen molar-refractivity contribution >= 4 is 56.2 Å². The minimum atomic E-state index is -7.22. The van der Waals surface area contributed by atoms with Gasteiger partial charge >= 0.3 is 5.97 Å². The molecule has 0 spiro atoms. The van der Waals surface area contributed by atoms with Crippen LogP contribution >= 0.6 is 0 Å². The highest BCUT2D eigenvalue weighted by Gasteiger charge is 2.52. The van der Waals surface area contributed by atoms with Crippen LogP contribution in [0.25, 0.3) is 10.8 Å². The molecular formula is C48H17BF20N2O5. The first kappa shape index (κ1) is 54.9. The number of pyridine rings is 1. The lowest BCUT2D eigenvalue weighted by Gasteiger charge is -2.44. The highest BCUT2D eigenvalue weighted by atomic mass is 19.2. The van der Waals surface area contributed by atoms with Gasteiger partial charge in [-0.2, -0.15) is 4.57 Å². The Kier molecular flexibility index (Phi) is 15.0. The normalized spacial score (nSPS) is 11.4. The van der Waals surface area contributed by atoms with Crippen LogP contribution in [-0.4, -0.2) is 22.8 Å². The number of ketones is 1. The van der Waals surface area contributed by atoms with E-state index in [-0.39, 0.29) is 29.5 Å². The van der Waals surface area contributed by atoms with E-state index in [0.717, 1.165) is 5.39 Å². The number of fused-ring (bicyclic) bond motifs is 1. The monoisotopic (exact) mass is 1090 g/mol. The van der Waals surface area contributed by atoms with Crippen molar-refractivity contribution < 1.29 is 112 Å². The maximum Gasteiger partial charge on any atom is 0.409 e. The molecule has 0 radical (unpaired) electrons. The molecule has 0 amide bonds. The number of nitro benzene ring substituents is 1. The van der Waals surface area contributed by atoms with Gasteiger partial charge in [0.15, 0.2) is 76.0 Å². The molecule has 1 heterocycles. The molecule has 8 rings (SSSR count). The van der Waals surface area contributed by atoms with Gasteiger partial charge in [-0.15, -0.1) is 21.9 Å². The summed E-state index contributed by atoms with van der Waals surface area (Å²) in [4.78, 5) is 36.3. The summed E-state index contributed by atoms with van der Waals surface area (Å²) in [5, 5.41) is 12.4. The molecule has 0 saturated heterocycles. The van der Waals surface area contributed by atoms with E-state index in [1.165, 1.54) is 28.8 Å². The van der Waals surface area contributed by atoms with E-state index in [0.29, 0.717) is 10.9 Å². The van der Waals surface area contributed by atoms with Crippen molar-refractivity contribution in [3.63, 3.8) is 0 Å². The van der Waals surface area contributed by atoms with Gasteiger partial charge in [0.2, 0.25) is 12.3 Å². The third-order valence-electron chi connectivity index (χ3n) is 11.5. The smallest absolute Gasteiger partial charge is 0.409 e. The first-order valence-corrected chi connectivity index (χ1v) is 20.4. The second kappa shape index (κ2) is 20.8. The van der Waals surface area contributed by atoms with Gasteiger partial charge in [-0.05, 0) is 17.5 Å². The van der Waals surface area contributed by atoms with E-state index >= 15 is 35.1 Å². The molecule has 76 heavy (non-hydrogen) atoms. The molecule has 0 atom stereocenters. The summed E-state index contributed by atoms with van der Waals surface area (Å²) in [5.74, 6) is -72.2. The number of Topliss-reactive ketones (excluding diaryl/α,β-unsaturated/α-hetero) is 1. The Bertz CT molecular complexity index is 3370. The Morgan fingerprint density at radius 3 is 1.18 bits per heavy atom. The van der Waals surface area contributed by atoms with Crippen LogP contribution in [0.1, 0.15) is 20.8 Å². The molecule has 7 nitrogen and oxygen atoms in total. The average molecular weight is 1090 g/mol. The summed E-state index contributed by atoms with van der Waals surface area (Å²) in [7, 11) is 0. The molecule has 0 aliphatic heterocycles. The third-order valence-corrected chi connectivity index (χ3v) is 11.5. The molecule has 1 aromatic heterocycles. The van der Waals surface area contributed by atoms with Gasteiger partial charge in [-0.25, -0.2) is 92.6 Å². The average Bonchev–Trinajstić information content (AvgIpc) is 3.58. The molecular weight excluding hydrogens is 1080 g/mol. The highest BCUT2D eigenvalue weighted by Crippen LogP contribution is 2.31. The second-order valence-electron chi connectivity index (χ2n) is 15.6. The molecule has 7 aromatic carbocycles. The van der Waals surface area contributed by atoms with Gasteiger partial charge in [0.25, 0.3) is 11.4 Å². The Morgan fingerprint density at radius 1 is 0.447 bits per heavy atom. The van der Waals surface area contributed by atoms with Crippen molar-refractivity contribution in [1.82, 2.24) is 0 Å². The summed E-state index contributed by atoms with van der Waals surface area (Å²) in [6.07, 6.45) is -5.56. The van der Waals surface area contributed by atoms with Gasteiger partial charge in [0, 0.05) is 17.7 Å². The Hall–Kier alpha value is -8.85. The largest absolute Gasteiger partial charge is 0.418 e. The number of ether oxygens (including phenoxy) is 1. The predicted molar refractivity (Wildman–Crippen MR) is 222 cm³/mol. The van der Waals surface area contributed by atoms with E-state index in [9.17, 15) is 72.4 Å². The van der Waals surface area contributed by atoms with Crippen molar-refractivity contribution in [2.45, 2.75) is 6.54 Å². The molecule has 8 aromatic rings. The zero-order valence-electron chi connectivity index (χ0n) is 36.4. The summed E-state index contributed by atoms with van der Waals surface area (Å²) in [6, 6.07) is 23.3. The summed E-state index contributed by atoms with van der Waals surface area (Å²) in [5.41, 5.74) is -13.8. The van der Waals surface area contributed by atoms with E-state index in [1.54, 1.807) is 42.6 Å². The topological polar surface area (TPSA) is 90.4 Å². The first-order valence-electron chi connectivity index (χ1n) is 20.4. The second-order valence-corrected chi connectivity index (χ2v) is 15.6. The summed E-state index contributed by atoms with van der Waals surface area (Å²) < 4.78 is 301. The van der Waals surface area contributed by atoms with Gasteiger partial charge < -0.3 is 4.74 Å². The lowest BCUT2D eigenvalue weighted by atomic mass is 9.12. The number of carbonyl (C=O) groups is 2. The van der Waals surface area contributed by atoms with Crippen LogP contribution in [0.4, 0.5) is 93.5 Å². The molecule has 0 aliphatic carbocycles. The van der Waals surface area contributed by atoms with Crippen LogP contribution in [0.15, 0.2) is 91.1 Å². The van der Waals surface area contributed by atoms with E-state index in [1.807, 2.05) is 24.3 Å². The van der Waals surface area contributed by atoms with Crippen LogP contribution in [-0.2, 0) is 6.54 Å². The Balaban J connectivity index is 0.000000236. The zero-order valence-corrected chi connectivity index (χ0v) is 36.4. The molecule has 0 fully saturated rings. The van der Waals surface area contributed by atoms with E-state index in [4.69, 9.17) is 4.74 Å². The number of nitro groups is 1. The van der Waals surface area contributed by atoms with Crippen LogP contribution < -0.4 is 31.2 Å². The molecule has 0 N–H and O–H groups in total. The maximum atomic E-state index is 15.4. The molecule has 0 bridgehead atoms. The quantitative estimate of drug-likeness (QED) is 0.0130. The van der Waals surface area contributed by atoms with Crippen molar-refractivity contribution in [3.8, 4) is 5.75 Å². The summed E-state index contributed by atoms with van der Waals surface area (Å²) >= 11 is 0. The minimum absolute atomic E-state index is 0.0491. The highest BCUT2D eigenvalue weighted by molar-refractivity contribution is 7.20. The molecule has 0 aliphatic rings. The zero-order chi connectivity index (χ0) is 56.2. The lowest BCUT2D eigenvalue weighted by molar-refractivity contribution is -0.684. The molecule has 392 valence electrons. The number of aromatic nitrogens is 1. The maximum absolute atomic E-state index is 15.4. The van der Waals surface area contributed by atoms with E-state index < -0.39 is 155 Å². The van der Waals surface area contributed by atoms with Crippen LogP contribution in [0, 0.1) is 126 Å². The van der Waals surface area contributed by atoms with Crippen LogP contribution in [0.2, 0.25) is 0 Å². The number of halogens is 20. The third kappa shape index (κ3) is 8.94.